The molecular formula is C45H57N5O5. The highest BCUT2D eigenvalue weighted by Gasteiger charge is 2.40. The standard InChI is InChI=1S/C45H57N5O5/c1-45(2,3)55-44(54)47(6)30-34-18-14-21-37(27-34)41(51)48(7)39(29-33-23-24-35-19-12-13-20-36(35)26-33)42(52)49(8)40(28-32-16-10-9-11-17-32)43(53)50-25-15-22-38(50)31-46(4)5/h9-14,16-21,23-24,26-27,38-40H,15,22,25,28-31H2,1-8H3. The minimum atomic E-state index is -0.922. The van der Waals surface area contributed by atoms with Crippen LogP contribution in [-0.2, 0) is 33.7 Å². The number of carbonyl (C=O) groups excluding carboxylic acids is 4. The number of benzene rings is 4. The van der Waals surface area contributed by atoms with Crippen molar-refractivity contribution in [2.75, 3.05) is 48.3 Å². The van der Waals surface area contributed by atoms with Crippen molar-refractivity contribution in [1.29, 1.82) is 0 Å². The lowest BCUT2D eigenvalue weighted by atomic mass is 9.97. The van der Waals surface area contributed by atoms with Gasteiger partial charge in [0, 0.05) is 65.2 Å². The molecule has 4 aromatic carbocycles. The summed E-state index contributed by atoms with van der Waals surface area (Å²) in [4.78, 5) is 65.3. The van der Waals surface area contributed by atoms with E-state index in [0.29, 0.717) is 18.5 Å². The molecule has 0 saturated carbocycles. The van der Waals surface area contributed by atoms with E-state index >= 15 is 0 Å². The molecule has 292 valence electrons. The molecule has 10 heteroatoms. The fourth-order valence-corrected chi connectivity index (χ4v) is 7.35. The number of carbonyl (C=O) groups is 4. The van der Waals surface area contributed by atoms with Crippen molar-refractivity contribution < 1.29 is 23.9 Å². The molecule has 1 aliphatic heterocycles. The lowest BCUT2D eigenvalue weighted by Crippen LogP contribution is -2.57. The van der Waals surface area contributed by atoms with E-state index in [9.17, 15) is 19.2 Å². The summed E-state index contributed by atoms with van der Waals surface area (Å²) in [6.07, 6.45) is 1.95. The summed E-state index contributed by atoms with van der Waals surface area (Å²) in [5.41, 5.74) is 2.34. The van der Waals surface area contributed by atoms with E-state index in [-0.39, 0.29) is 36.7 Å². The fraction of sp³-hybridized carbons (Fsp3) is 0.422. The Morgan fingerprint density at radius 3 is 2.07 bits per heavy atom. The van der Waals surface area contributed by atoms with E-state index < -0.39 is 23.8 Å². The van der Waals surface area contributed by atoms with Crippen LogP contribution in [0.2, 0.25) is 0 Å². The van der Waals surface area contributed by atoms with Crippen molar-refractivity contribution in [2.45, 2.75) is 76.7 Å². The number of amides is 4. The van der Waals surface area contributed by atoms with Gasteiger partial charge in [-0.2, -0.15) is 0 Å². The van der Waals surface area contributed by atoms with E-state index in [1.54, 1.807) is 44.2 Å². The van der Waals surface area contributed by atoms with Gasteiger partial charge in [0.2, 0.25) is 11.8 Å². The van der Waals surface area contributed by atoms with Crippen LogP contribution in [0.15, 0.2) is 97.1 Å². The topological polar surface area (TPSA) is 93.7 Å². The van der Waals surface area contributed by atoms with Crippen LogP contribution in [0.4, 0.5) is 4.79 Å². The molecule has 1 fully saturated rings. The van der Waals surface area contributed by atoms with Gasteiger partial charge in [-0.25, -0.2) is 4.79 Å². The average molecular weight is 748 g/mol. The Labute approximate surface area is 326 Å². The maximum absolute atomic E-state index is 15.0. The average Bonchev–Trinajstić information content (AvgIpc) is 3.61. The smallest absolute Gasteiger partial charge is 0.410 e. The molecule has 3 unspecified atom stereocenters. The van der Waals surface area contributed by atoms with Crippen LogP contribution in [0.5, 0.6) is 0 Å². The van der Waals surface area contributed by atoms with Crippen molar-refractivity contribution in [3.8, 4) is 0 Å². The van der Waals surface area contributed by atoms with Gasteiger partial charge in [0.1, 0.15) is 17.7 Å². The van der Waals surface area contributed by atoms with Crippen LogP contribution in [0, 0.1) is 0 Å². The Balaban J connectivity index is 1.47. The molecule has 0 bridgehead atoms. The van der Waals surface area contributed by atoms with E-state index in [2.05, 4.69) is 11.0 Å². The van der Waals surface area contributed by atoms with Crippen LogP contribution in [0.1, 0.15) is 60.7 Å². The molecule has 3 atom stereocenters. The first-order valence-corrected chi connectivity index (χ1v) is 19.1. The molecule has 10 nitrogen and oxygen atoms in total. The maximum Gasteiger partial charge on any atom is 0.410 e. The minimum absolute atomic E-state index is 0.0589. The first-order valence-electron chi connectivity index (χ1n) is 19.1. The normalized spacial score (nSPS) is 15.4. The lowest BCUT2D eigenvalue weighted by Gasteiger charge is -2.37. The second-order valence-electron chi connectivity index (χ2n) is 16.1. The first kappa shape index (κ1) is 41.0. The molecule has 0 N–H and O–H groups in total. The number of hydrogen-bond donors (Lipinski definition) is 0. The van der Waals surface area contributed by atoms with Gasteiger partial charge < -0.3 is 29.2 Å². The molecule has 4 aromatic rings. The summed E-state index contributed by atoms with van der Waals surface area (Å²) < 4.78 is 5.52. The highest BCUT2D eigenvalue weighted by Crippen LogP contribution is 2.25. The number of fused-ring (bicyclic) bond motifs is 1. The molecule has 55 heavy (non-hydrogen) atoms. The van der Waals surface area contributed by atoms with Crippen LogP contribution in [0.3, 0.4) is 0 Å². The van der Waals surface area contributed by atoms with Gasteiger partial charge in [0.25, 0.3) is 5.91 Å². The van der Waals surface area contributed by atoms with Gasteiger partial charge in [-0.15, -0.1) is 0 Å². The van der Waals surface area contributed by atoms with Crippen molar-refractivity contribution in [1.82, 2.24) is 24.5 Å². The molecule has 1 aliphatic rings. The van der Waals surface area contributed by atoms with Gasteiger partial charge >= 0.3 is 6.09 Å². The third-order valence-corrected chi connectivity index (χ3v) is 10.2. The van der Waals surface area contributed by atoms with E-state index in [0.717, 1.165) is 46.8 Å². The van der Waals surface area contributed by atoms with Crippen LogP contribution in [-0.4, -0.2) is 120 Å². The van der Waals surface area contributed by atoms with E-state index in [1.807, 2.05) is 113 Å². The SMILES string of the molecule is CN(C)CC1CCCN1C(=O)C(Cc1ccccc1)N(C)C(=O)C(Cc1ccc2ccccc2c1)N(C)C(=O)c1cccc(CN(C)C(=O)OC(C)(C)C)c1. The van der Waals surface area contributed by atoms with Crippen LogP contribution < -0.4 is 0 Å². The summed E-state index contributed by atoms with van der Waals surface area (Å²) in [5, 5.41) is 2.11. The maximum atomic E-state index is 15.0. The van der Waals surface area contributed by atoms with E-state index in [4.69, 9.17) is 4.74 Å². The zero-order valence-electron chi connectivity index (χ0n) is 33.7. The number of likely N-dealkylation sites (tertiary alicyclic amines) is 1. The summed E-state index contributed by atoms with van der Waals surface area (Å²) in [6, 6.07) is 29.4. The first-order chi connectivity index (χ1) is 26.1. The Morgan fingerprint density at radius 1 is 0.727 bits per heavy atom. The predicted molar refractivity (Wildman–Crippen MR) is 218 cm³/mol. The number of rotatable bonds is 13. The number of nitrogens with zero attached hydrogens (tertiary/aromatic N) is 5. The van der Waals surface area contributed by atoms with Crippen LogP contribution in [0.25, 0.3) is 10.8 Å². The summed E-state index contributed by atoms with van der Waals surface area (Å²) >= 11 is 0. The molecule has 0 aliphatic carbocycles. The van der Waals surface area contributed by atoms with E-state index in [1.165, 1.54) is 9.80 Å². The van der Waals surface area contributed by atoms with Crippen molar-refractivity contribution >= 4 is 34.6 Å². The Hall–Kier alpha value is -5.22. The molecule has 0 aromatic heterocycles. The zero-order valence-corrected chi connectivity index (χ0v) is 33.7. The van der Waals surface area contributed by atoms with Crippen molar-refractivity contribution in [3.63, 3.8) is 0 Å². The van der Waals surface area contributed by atoms with Gasteiger partial charge in [0.05, 0.1) is 0 Å². The quantitative estimate of drug-likeness (QED) is 0.155. The molecule has 1 heterocycles. The third kappa shape index (κ3) is 10.7. The second kappa shape index (κ2) is 17.9. The molecule has 5 rings (SSSR count). The molecule has 4 amide bonds. The van der Waals surface area contributed by atoms with Crippen molar-refractivity contribution in [2.24, 2.45) is 0 Å². The lowest BCUT2D eigenvalue weighted by molar-refractivity contribution is -0.147. The largest absolute Gasteiger partial charge is 0.444 e. The second-order valence-corrected chi connectivity index (χ2v) is 16.1. The highest BCUT2D eigenvalue weighted by atomic mass is 16.6. The molecule has 0 spiro atoms. The molecule has 1 saturated heterocycles. The fourth-order valence-electron chi connectivity index (χ4n) is 7.35. The Kier molecular flexibility index (Phi) is 13.4. The van der Waals surface area contributed by atoms with Gasteiger partial charge in [-0.05, 0) is 87.3 Å². The summed E-state index contributed by atoms with van der Waals surface area (Å²) in [6.45, 7) is 7.06. The summed E-state index contributed by atoms with van der Waals surface area (Å²) in [5.74, 6) is -0.738. The van der Waals surface area contributed by atoms with Crippen molar-refractivity contribution in [3.05, 3.63) is 119 Å². The molecule has 0 radical (unpaired) electrons. The number of likely N-dealkylation sites (N-methyl/N-ethyl adjacent to an activating group) is 3. The third-order valence-electron chi connectivity index (χ3n) is 10.2. The highest BCUT2D eigenvalue weighted by molar-refractivity contribution is 5.98. The monoisotopic (exact) mass is 747 g/mol. The number of hydrogen-bond acceptors (Lipinski definition) is 6. The Morgan fingerprint density at radius 2 is 1.38 bits per heavy atom. The summed E-state index contributed by atoms with van der Waals surface area (Å²) in [7, 11) is 9.03. The predicted octanol–water partition coefficient (Wildman–Crippen LogP) is 6.51. The van der Waals surface area contributed by atoms with Gasteiger partial charge in [-0.1, -0.05) is 84.9 Å². The van der Waals surface area contributed by atoms with Gasteiger partial charge in [-0.3, -0.25) is 14.4 Å². The Bertz CT molecular complexity index is 1960. The van der Waals surface area contributed by atoms with Gasteiger partial charge in [0.15, 0.2) is 0 Å². The zero-order chi connectivity index (χ0) is 39.9. The van der Waals surface area contributed by atoms with Crippen LogP contribution >= 0.6 is 0 Å². The number of ether oxygens (including phenoxy) is 1. The molecular weight excluding hydrogens is 691 g/mol. The minimum Gasteiger partial charge on any atom is -0.444 e.